The predicted octanol–water partition coefficient (Wildman–Crippen LogP) is -0.327. The van der Waals surface area contributed by atoms with Gasteiger partial charge in [0.15, 0.2) is 0 Å². The van der Waals surface area contributed by atoms with E-state index in [4.69, 9.17) is 10.2 Å². The van der Waals surface area contributed by atoms with Crippen LogP contribution in [0.1, 0.15) is 24.7 Å². The molecule has 0 aliphatic rings. The van der Waals surface area contributed by atoms with Gasteiger partial charge in [-0.1, -0.05) is 12.1 Å². The third kappa shape index (κ3) is 1.62. The molecular formula is C7H13N3O2. The monoisotopic (exact) mass is 171 g/mol. The van der Waals surface area contributed by atoms with E-state index >= 15 is 0 Å². The van der Waals surface area contributed by atoms with Gasteiger partial charge >= 0.3 is 0 Å². The summed E-state index contributed by atoms with van der Waals surface area (Å²) in [6, 6.07) is 0. The first-order valence-electron chi connectivity index (χ1n) is 3.96. The van der Waals surface area contributed by atoms with E-state index in [1.165, 1.54) is 0 Å². The quantitative estimate of drug-likeness (QED) is 0.651. The molecule has 1 heterocycles. The van der Waals surface area contributed by atoms with Crippen molar-refractivity contribution in [2.45, 2.75) is 33.1 Å². The molecule has 0 aliphatic heterocycles. The molecule has 1 rings (SSSR count). The van der Waals surface area contributed by atoms with Crippen LogP contribution in [0.3, 0.4) is 0 Å². The van der Waals surface area contributed by atoms with Crippen molar-refractivity contribution in [3.63, 3.8) is 0 Å². The average Bonchev–Trinajstić information content (AvgIpc) is 2.47. The van der Waals surface area contributed by atoms with Gasteiger partial charge in [0.25, 0.3) is 0 Å². The third-order valence-electron chi connectivity index (χ3n) is 1.65. The molecule has 68 valence electrons. The van der Waals surface area contributed by atoms with Crippen molar-refractivity contribution in [3.05, 3.63) is 11.4 Å². The fraction of sp³-hybridized carbons (Fsp3) is 0.714. The highest BCUT2D eigenvalue weighted by Gasteiger charge is 2.09. The maximum absolute atomic E-state index is 8.93. The first kappa shape index (κ1) is 9.15. The molecule has 5 heteroatoms. The molecule has 5 nitrogen and oxygen atoms in total. The van der Waals surface area contributed by atoms with Crippen molar-refractivity contribution in [2.24, 2.45) is 0 Å². The Morgan fingerprint density at radius 3 is 2.58 bits per heavy atom. The molecule has 0 aromatic carbocycles. The number of aryl methyl sites for hydroxylation is 1. The molecule has 0 aliphatic carbocycles. The van der Waals surface area contributed by atoms with Gasteiger partial charge in [-0.05, 0) is 6.42 Å². The van der Waals surface area contributed by atoms with Crippen molar-refractivity contribution in [3.8, 4) is 0 Å². The lowest BCUT2D eigenvalue weighted by Crippen LogP contribution is -2.05. The van der Waals surface area contributed by atoms with Crippen molar-refractivity contribution in [2.75, 3.05) is 0 Å². The lowest BCUT2D eigenvalue weighted by molar-refractivity contribution is 0.249. The lowest BCUT2D eigenvalue weighted by Gasteiger charge is -2.01. The second kappa shape index (κ2) is 4.18. The van der Waals surface area contributed by atoms with Gasteiger partial charge in [0, 0.05) is 6.54 Å². The number of aromatic nitrogens is 3. The number of rotatable bonds is 4. The van der Waals surface area contributed by atoms with Crippen LogP contribution in [-0.2, 0) is 19.8 Å². The SMILES string of the molecule is CCCn1nnc(CO)c1CO. The maximum Gasteiger partial charge on any atom is 0.114 e. The first-order valence-corrected chi connectivity index (χ1v) is 3.96. The highest BCUT2D eigenvalue weighted by atomic mass is 16.3. The molecule has 0 fully saturated rings. The molecule has 0 saturated carbocycles. The van der Waals surface area contributed by atoms with Gasteiger partial charge in [0.2, 0.25) is 0 Å². The topological polar surface area (TPSA) is 71.2 Å². The Kier molecular flexibility index (Phi) is 3.19. The van der Waals surface area contributed by atoms with Crippen LogP contribution >= 0.6 is 0 Å². The fourth-order valence-electron chi connectivity index (χ4n) is 1.06. The lowest BCUT2D eigenvalue weighted by atomic mass is 10.3. The predicted molar refractivity (Wildman–Crippen MR) is 42.2 cm³/mol. The number of aliphatic hydroxyl groups excluding tert-OH is 2. The van der Waals surface area contributed by atoms with E-state index in [0.29, 0.717) is 11.4 Å². The van der Waals surface area contributed by atoms with Crippen LogP contribution in [0.4, 0.5) is 0 Å². The minimum atomic E-state index is -0.167. The molecule has 0 saturated heterocycles. The Morgan fingerprint density at radius 1 is 1.33 bits per heavy atom. The summed E-state index contributed by atoms with van der Waals surface area (Å²) in [5.41, 5.74) is 1.07. The van der Waals surface area contributed by atoms with E-state index in [9.17, 15) is 0 Å². The second-order valence-corrected chi connectivity index (χ2v) is 2.52. The van der Waals surface area contributed by atoms with Gasteiger partial charge in [0.1, 0.15) is 5.69 Å². The van der Waals surface area contributed by atoms with Gasteiger partial charge in [-0.25, -0.2) is 4.68 Å². The minimum absolute atomic E-state index is 0.122. The number of hydrogen-bond acceptors (Lipinski definition) is 4. The van der Waals surface area contributed by atoms with Gasteiger partial charge in [0.05, 0.1) is 18.9 Å². The number of hydrogen-bond donors (Lipinski definition) is 2. The summed E-state index contributed by atoms with van der Waals surface area (Å²) in [5, 5.41) is 25.3. The zero-order valence-electron chi connectivity index (χ0n) is 7.06. The number of nitrogens with zero attached hydrogens (tertiary/aromatic N) is 3. The van der Waals surface area contributed by atoms with E-state index in [-0.39, 0.29) is 13.2 Å². The van der Waals surface area contributed by atoms with Crippen molar-refractivity contribution < 1.29 is 10.2 Å². The van der Waals surface area contributed by atoms with Crippen LogP contribution in [0, 0.1) is 0 Å². The van der Waals surface area contributed by atoms with Crippen LogP contribution in [-0.4, -0.2) is 25.2 Å². The Morgan fingerprint density at radius 2 is 2.08 bits per heavy atom. The Labute approximate surface area is 70.6 Å². The standard InChI is InChI=1S/C7H13N3O2/c1-2-3-10-7(5-12)6(4-11)8-9-10/h11-12H,2-5H2,1H3. The first-order chi connectivity index (χ1) is 5.83. The molecule has 0 unspecified atom stereocenters. The second-order valence-electron chi connectivity index (χ2n) is 2.52. The molecule has 0 atom stereocenters. The van der Waals surface area contributed by atoms with Crippen LogP contribution in [0.15, 0.2) is 0 Å². The molecule has 1 aromatic rings. The zero-order chi connectivity index (χ0) is 8.97. The molecule has 1 aromatic heterocycles. The summed E-state index contributed by atoms with van der Waals surface area (Å²) < 4.78 is 1.62. The molecule has 0 amide bonds. The van der Waals surface area contributed by atoms with E-state index in [0.717, 1.165) is 13.0 Å². The van der Waals surface area contributed by atoms with Gasteiger partial charge in [-0.2, -0.15) is 0 Å². The summed E-state index contributed by atoms with van der Waals surface area (Å²) in [5.74, 6) is 0. The van der Waals surface area contributed by atoms with Crippen LogP contribution < -0.4 is 0 Å². The Hall–Kier alpha value is -0.940. The van der Waals surface area contributed by atoms with Crippen LogP contribution in [0.25, 0.3) is 0 Å². The molecule has 12 heavy (non-hydrogen) atoms. The number of aliphatic hydroxyl groups is 2. The van der Waals surface area contributed by atoms with Crippen molar-refractivity contribution in [1.82, 2.24) is 15.0 Å². The van der Waals surface area contributed by atoms with E-state index in [2.05, 4.69) is 10.3 Å². The third-order valence-corrected chi connectivity index (χ3v) is 1.65. The van der Waals surface area contributed by atoms with Gasteiger partial charge < -0.3 is 10.2 Å². The van der Waals surface area contributed by atoms with Gasteiger partial charge in [-0.3, -0.25) is 0 Å². The normalized spacial score (nSPS) is 10.6. The zero-order valence-corrected chi connectivity index (χ0v) is 7.06. The van der Waals surface area contributed by atoms with Gasteiger partial charge in [-0.15, -0.1) is 5.10 Å². The Bertz CT molecular complexity index is 247. The average molecular weight is 171 g/mol. The summed E-state index contributed by atoms with van der Waals surface area (Å²) in [7, 11) is 0. The smallest absolute Gasteiger partial charge is 0.114 e. The highest BCUT2D eigenvalue weighted by Crippen LogP contribution is 2.05. The van der Waals surface area contributed by atoms with E-state index in [1.807, 2.05) is 6.92 Å². The Balaban J connectivity index is 2.88. The van der Waals surface area contributed by atoms with Crippen molar-refractivity contribution >= 4 is 0 Å². The van der Waals surface area contributed by atoms with E-state index in [1.54, 1.807) is 4.68 Å². The van der Waals surface area contributed by atoms with Crippen LogP contribution in [0.2, 0.25) is 0 Å². The van der Waals surface area contributed by atoms with Crippen LogP contribution in [0.5, 0.6) is 0 Å². The minimum Gasteiger partial charge on any atom is -0.390 e. The molecule has 0 bridgehead atoms. The molecule has 0 radical (unpaired) electrons. The highest BCUT2D eigenvalue weighted by molar-refractivity contribution is 5.07. The summed E-state index contributed by atoms with van der Waals surface area (Å²) >= 11 is 0. The largest absolute Gasteiger partial charge is 0.390 e. The molecule has 2 N–H and O–H groups in total. The maximum atomic E-state index is 8.93. The summed E-state index contributed by atoms with van der Waals surface area (Å²) in [4.78, 5) is 0. The fourth-order valence-corrected chi connectivity index (χ4v) is 1.06. The van der Waals surface area contributed by atoms with E-state index < -0.39 is 0 Å². The molecular weight excluding hydrogens is 158 g/mol. The molecule has 0 spiro atoms. The summed E-state index contributed by atoms with van der Waals surface area (Å²) in [6.07, 6.45) is 0.932. The summed E-state index contributed by atoms with van der Waals surface area (Å²) in [6.45, 7) is 2.45. The van der Waals surface area contributed by atoms with Crippen molar-refractivity contribution in [1.29, 1.82) is 0 Å².